The van der Waals surface area contributed by atoms with Gasteiger partial charge in [-0.05, 0) is 5.41 Å². The summed E-state index contributed by atoms with van der Waals surface area (Å²) in [4.78, 5) is 9.72. The lowest BCUT2D eigenvalue weighted by Gasteiger charge is -1.82. The molecule has 0 aliphatic carbocycles. The van der Waals surface area contributed by atoms with Crippen LogP contribution in [0.4, 0.5) is 0 Å². The summed E-state index contributed by atoms with van der Waals surface area (Å²) in [6.07, 6.45) is 1.70. The van der Waals surface area contributed by atoms with Crippen LogP contribution in [0.25, 0.3) is 0 Å². The van der Waals surface area contributed by atoms with Crippen LogP contribution < -0.4 is 5.32 Å². The van der Waals surface area contributed by atoms with Crippen LogP contribution in [-0.2, 0) is 4.79 Å². The lowest BCUT2D eigenvalue weighted by molar-refractivity contribution is 0.567. The van der Waals surface area contributed by atoms with E-state index in [1.807, 2.05) is 0 Å². The van der Waals surface area contributed by atoms with E-state index in [4.69, 9.17) is 0 Å². The fourth-order valence-electron chi connectivity index (χ4n) is 0.299. The highest BCUT2D eigenvalue weighted by atomic mass is 32.2. The Morgan fingerprint density at radius 1 is 1.86 bits per heavy atom. The summed E-state index contributed by atoms with van der Waals surface area (Å²) < 4.78 is 0. The number of rotatable bonds is 0. The summed E-state index contributed by atoms with van der Waals surface area (Å²) in [7, 11) is 0. The Hall–Kier alpha value is -0.660. The van der Waals surface area contributed by atoms with Crippen molar-refractivity contribution in [3.05, 3.63) is 16.6 Å². The van der Waals surface area contributed by atoms with E-state index in [1.54, 1.807) is 17.5 Å². The second-order valence-electron chi connectivity index (χ2n) is 0.996. The Morgan fingerprint density at radius 2 is 2.71 bits per heavy atom. The van der Waals surface area contributed by atoms with E-state index in [-0.39, 0.29) is 0 Å². The molecule has 1 aliphatic heterocycles. The topological polar surface area (TPSA) is 29.1 Å². The predicted octanol–water partition coefficient (Wildman–Crippen LogP) is 0.467. The zero-order chi connectivity index (χ0) is 5.11. The number of hydrogen-bond donors (Lipinski definition) is 1. The molecule has 0 fully saturated rings. The van der Waals surface area contributed by atoms with Crippen molar-refractivity contribution in [1.29, 1.82) is 0 Å². The van der Waals surface area contributed by atoms with Crippen LogP contribution in [0.15, 0.2) is 16.6 Å². The van der Waals surface area contributed by atoms with Gasteiger partial charge in [-0.2, -0.15) is 0 Å². The van der Waals surface area contributed by atoms with E-state index in [0.29, 0.717) is 5.03 Å². The van der Waals surface area contributed by atoms with Crippen LogP contribution in [0.1, 0.15) is 0 Å². The maximum atomic E-state index is 9.72. The van der Waals surface area contributed by atoms with Gasteiger partial charge in [-0.1, -0.05) is 11.8 Å². The van der Waals surface area contributed by atoms with Gasteiger partial charge < -0.3 is 5.32 Å². The summed E-state index contributed by atoms with van der Waals surface area (Å²) >= 11 is 1.34. The summed E-state index contributed by atoms with van der Waals surface area (Å²) in [6, 6.07) is 0. The second-order valence-corrected chi connectivity index (χ2v) is 1.91. The minimum Gasteiger partial charge on any atom is -0.347 e. The predicted molar refractivity (Wildman–Crippen MR) is 29.1 cm³/mol. The Bertz CT molecular complexity index is 136. The fraction of sp³-hybridized carbons (Fsp3) is 0. The zero-order valence-electron chi connectivity index (χ0n) is 3.47. The number of nitrogens with one attached hydrogen (secondary N) is 1. The molecule has 0 unspecified atom stereocenters. The molecule has 0 bridgehead atoms. The number of hydrogen-bond acceptors (Lipinski definition) is 3. The van der Waals surface area contributed by atoms with Crippen molar-refractivity contribution in [1.82, 2.24) is 5.32 Å². The van der Waals surface area contributed by atoms with Crippen LogP contribution in [0.5, 0.6) is 0 Å². The van der Waals surface area contributed by atoms with Gasteiger partial charge in [0.2, 0.25) is 0 Å². The molecule has 0 amide bonds. The molecule has 1 heterocycles. The largest absolute Gasteiger partial charge is 0.347 e. The van der Waals surface area contributed by atoms with Gasteiger partial charge in [0.1, 0.15) is 0 Å². The van der Waals surface area contributed by atoms with Gasteiger partial charge in [0.25, 0.3) is 0 Å². The smallest absolute Gasteiger partial charge is 0.162 e. The van der Waals surface area contributed by atoms with E-state index >= 15 is 0 Å². The summed E-state index contributed by atoms with van der Waals surface area (Å²) in [5, 5.41) is 5.02. The SMILES string of the molecule is O=C=C1NC=CS1. The van der Waals surface area contributed by atoms with Crippen LogP contribution in [0.2, 0.25) is 0 Å². The minimum atomic E-state index is 0.542. The van der Waals surface area contributed by atoms with Crippen molar-refractivity contribution in [3.63, 3.8) is 0 Å². The average molecular weight is 113 g/mol. The van der Waals surface area contributed by atoms with Gasteiger partial charge in [0.15, 0.2) is 11.0 Å². The maximum absolute atomic E-state index is 9.72. The Labute approximate surface area is 45.3 Å². The van der Waals surface area contributed by atoms with Gasteiger partial charge in [0.05, 0.1) is 0 Å². The van der Waals surface area contributed by atoms with Crippen molar-refractivity contribution >= 4 is 17.7 Å². The Kier molecular flexibility index (Phi) is 1.20. The molecule has 0 spiro atoms. The summed E-state index contributed by atoms with van der Waals surface area (Å²) in [5.74, 6) is 1.72. The molecule has 3 heteroatoms. The third kappa shape index (κ3) is 0.856. The fourth-order valence-corrected chi connectivity index (χ4v) is 0.756. The molecule has 0 aromatic carbocycles. The molecule has 0 atom stereocenters. The normalized spacial score (nSPS) is 16.3. The van der Waals surface area contributed by atoms with E-state index in [1.165, 1.54) is 11.8 Å². The zero-order valence-corrected chi connectivity index (χ0v) is 4.29. The lowest BCUT2D eigenvalue weighted by atomic mass is 10.9. The highest BCUT2D eigenvalue weighted by Gasteiger charge is 1.96. The highest BCUT2D eigenvalue weighted by Crippen LogP contribution is 2.14. The quantitative estimate of drug-likeness (QED) is 0.463. The Balaban J connectivity index is 2.68. The first-order chi connectivity index (χ1) is 3.43. The molecule has 36 valence electrons. The molecular weight excluding hydrogens is 110 g/mol. The van der Waals surface area contributed by atoms with E-state index < -0.39 is 0 Å². The lowest BCUT2D eigenvalue weighted by Crippen LogP contribution is -1.93. The molecule has 2 nitrogen and oxygen atoms in total. The van der Waals surface area contributed by atoms with E-state index in [2.05, 4.69) is 5.32 Å². The first kappa shape index (κ1) is 4.50. The maximum Gasteiger partial charge on any atom is 0.162 e. The molecule has 7 heavy (non-hydrogen) atoms. The third-order valence-corrected chi connectivity index (χ3v) is 1.27. The van der Waals surface area contributed by atoms with Gasteiger partial charge in [-0.15, -0.1) is 0 Å². The average Bonchev–Trinajstić information content (AvgIpc) is 2.14. The monoisotopic (exact) mass is 113 g/mol. The highest BCUT2D eigenvalue weighted by molar-refractivity contribution is 8.06. The standard InChI is InChI=1S/C4H3NOS/c6-3-4-5-1-2-7-4/h1-2,5H. The molecule has 0 saturated heterocycles. The van der Waals surface area contributed by atoms with Crippen molar-refractivity contribution in [2.45, 2.75) is 0 Å². The number of carbonyl (C=O) groups excluding carboxylic acids is 1. The molecule has 0 radical (unpaired) electrons. The van der Waals surface area contributed by atoms with Crippen LogP contribution in [-0.4, -0.2) is 5.94 Å². The number of thioether (sulfide) groups is 1. The van der Waals surface area contributed by atoms with Crippen LogP contribution >= 0.6 is 11.8 Å². The van der Waals surface area contributed by atoms with Crippen molar-refractivity contribution in [3.8, 4) is 0 Å². The van der Waals surface area contributed by atoms with Crippen molar-refractivity contribution in [2.75, 3.05) is 0 Å². The molecule has 1 N–H and O–H groups in total. The third-order valence-electron chi connectivity index (χ3n) is 0.561. The molecule has 1 aliphatic rings. The van der Waals surface area contributed by atoms with E-state index in [0.717, 1.165) is 0 Å². The second kappa shape index (κ2) is 1.87. The molecule has 1 rings (SSSR count). The van der Waals surface area contributed by atoms with Crippen LogP contribution in [0.3, 0.4) is 0 Å². The van der Waals surface area contributed by atoms with Crippen molar-refractivity contribution < 1.29 is 4.79 Å². The molecule has 0 saturated carbocycles. The molecule has 0 aromatic rings. The van der Waals surface area contributed by atoms with Gasteiger partial charge >= 0.3 is 0 Å². The first-order valence-corrected chi connectivity index (χ1v) is 2.65. The first-order valence-electron chi connectivity index (χ1n) is 1.77. The van der Waals surface area contributed by atoms with Gasteiger partial charge in [-0.25, -0.2) is 4.79 Å². The summed E-state index contributed by atoms with van der Waals surface area (Å²) in [6.45, 7) is 0. The summed E-state index contributed by atoms with van der Waals surface area (Å²) in [5.41, 5.74) is 0. The minimum absolute atomic E-state index is 0.542. The van der Waals surface area contributed by atoms with Gasteiger partial charge in [0, 0.05) is 6.20 Å². The van der Waals surface area contributed by atoms with Crippen LogP contribution in [0, 0.1) is 0 Å². The van der Waals surface area contributed by atoms with Crippen molar-refractivity contribution in [2.24, 2.45) is 0 Å². The Morgan fingerprint density at radius 3 is 3.00 bits per heavy atom. The van der Waals surface area contributed by atoms with E-state index in [9.17, 15) is 4.79 Å². The van der Waals surface area contributed by atoms with Gasteiger partial charge in [-0.3, -0.25) is 0 Å². The molecule has 0 aromatic heterocycles. The molecular formula is C4H3NOS.